The molecule has 2 unspecified atom stereocenters. The Balaban J connectivity index is 2.23. The summed E-state index contributed by atoms with van der Waals surface area (Å²) >= 11 is 0. The average Bonchev–Trinajstić information content (AvgIpc) is 2.46. The molecule has 0 heterocycles. The number of carbonyl (C=O) groups is 1. The highest BCUT2D eigenvalue weighted by atomic mass is 16.5. The highest BCUT2D eigenvalue weighted by molar-refractivity contribution is 5.87. The van der Waals surface area contributed by atoms with E-state index < -0.39 is 5.60 Å². The van der Waals surface area contributed by atoms with Crippen molar-refractivity contribution >= 4 is 5.78 Å². The second-order valence-corrected chi connectivity index (χ2v) is 6.69. The monoisotopic (exact) mass is 282 g/mol. The van der Waals surface area contributed by atoms with Crippen LogP contribution in [0.4, 0.5) is 0 Å². The number of ketones is 1. The predicted molar refractivity (Wildman–Crippen MR) is 85.0 cm³/mol. The topological polar surface area (TPSA) is 26.3 Å². The largest absolute Gasteiger partial charge is 0.370 e. The summed E-state index contributed by atoms with van der Waals surface area (Å²) in [6, 6.07) is 0. The van der Waals surface area contributed by atoms with Crippen LogP contribution in [0, 0.1) is 5.92 Å². The first-order valence-corrected chi connectivity index (χ1v) is 8.73. The zero-order valence-electron chi connectivity index (χ0n) is 13.9. The van der Waals surface area contributed by atoms with Crippen molar-refractivity contribution in [3.05, 3.63) is 0 Å². The molecular formula is C18H34O2. The smallest absolute Gasteiger partial charge is 0.164 e. The van der Waals surface area contributed by atoms with Gasteiger partial charge in [-0.2, -0.15) is 0 Å². The number of Topliss-reactive ketones (excluding diaryl/α,β-unsaturated/α-hetero) is 1. The molecule has 0 aromatic heterocycles. The maximum absolute atomic E-state index is 12.5. The van der Waals surface area contributed by atoms with Crippen LogP contribution in [-0.2, 0) is 9.53 Å². The maximum atomic E-state index is 12.5. The molecule has 0 saturated heterocycles. The molecule has 1 rings (SSSR count). The molecule has 1 fully saturated rings. The fourth-order valence-electron chi connectivity index (χ4n) is 3.53. The molecule has 1 aliphatic carbocycles. The van der Waals surface area contributed by atoms with Crippen LogP contribution in [0.1, 0.15) is 90.9 Å². The van der Waals surface area contributed by atoms with Gasteiger partial charge in [-0.15, -0.1) is 0 Å². The first kappa shape index (κ1) is 17.7. The minimum atomic E-state index is -0.445. The number of rotatable bonds is 10. The molecule has 2 nitrogen and oxygen atoms in total. The quantitative estimate of drug-likeness (QED) is 0.509. The van der Waals surface area contributed by atoms with E-state index in [1.165, 1.54) is 44.9 Å². The van der Waals surface area contributed by atoms with Crippen LogP contribution in [0.2, 0.25) is 0 Å². The minimum Gasteiger partial charge on any atom is -0.370 e. The number of methoxy groups -OCH3 is 1. The van der Waals surface area contributed by atoms with Gasteiger partial charge in [0.1, 0.15) is 5.60 Å². The number of hydrogen-bond acceptors (Lipinski definition) is 2. The van der Waals surface area contributed by atoms with Crippen LogP contribution < -0.4 is 0 Å². The van der Waals surface area contributed by atoms with Crippen LogP contribution >= 0.6 is 0 Å². The van der Waals surface area contributed by atoms with Gasteiger partial charge in [0.05, 0.1) is 0 Å². The lowest BCUT2D eigenvalue weighted by atomic mass is 9.75. The summed E-state index contributed by atoms with van der Waals surface area (Å²) in [6.45, 7) is 4.49. The molecule has 1 aliphatic rings. The van der Waals surface area contributed by atoms with Gasteiger partial charge in [-0.25, -0.2) is 0 Å². The van der Waals surface area contributed by atoms with E-state index in [-0.39, 0.29) is 0 Å². The first-order valence-electron chi connectivity index (χ1n) is 8.73. The summed E-state index contributed by atoms with van der Waals surface area (Å²) in [7, 11) is 1.72. The summed E-state index contributed by atoms with van der Waals surface area (Å²) in [6.07, 6.45) is 13.8. The Labute approximate surface area is 125 Å². The molecule has 0 amide bonds. The molecule has 1 saturated carbocycles. The van der Waals surface area contributed by atoms with Gasteiger partial charge in [-0.1, -0.05) is 58.8 Å². The Bertz CT molecular complexity index is 275. The molecule has 20 heavy (non-hydrogen) atoms. The third-order valence-corrected chi connectivity index (χ3v) is 4.86. The zero-order chi connectivity index (χ0) is 14.8. The van der Waals surface area contributed by atoms with Crippen molar-refractivity contribution in [1.29, 1.82) is 0 Å². The third kappa shape index (κ3) is 5.55. The Kier molecular flexibility index (Phi) is 8.44. The van der Waals surface area contributed by atoms with E-state index in [1.54, 1.807) is 7.11 Å². The van der Waals surface area contributed by atoms with Crippen molar-refractivity contribution in [3.63, 3.8) is 0 Å². The van der Waals surface area contributed by atoms with Crippen molar-refractivity contribution in [2.45, 2.75) is 96.5 Å². The number of hydrogen-bond donors (Lipinski definition) is 0. The highest BCUT2D eigenvalue weighted by Crippen LogP contribution is 2.36. The van der Waals surface area contributed by atoms with Crippen molar-refractivity contribution in [3.8, 4) is 0 Å². The SMILES string of the molecule is CCCCCCCCCC(=O)C1(OC)CCCC(C)C1. The van der Waals surface area contributed by atoms with Crippen LogP contribution in [0.25, 0.3) is 0 Å². The minimum absolute atomic E-state index is 0.361. The van der Waals surface area contributed by atoms with Gasteiger partial charge in [0.25, 0.3) is 0 Å². The molecular weight excluding hydrogens is 248 g/mol. The van der Waals surface area contributed by atoms with Gasteiger partial charge in [-0.05, 0) is 31.6 Å². The molecule has 0 spiro atoms. The molecule has 0 radical (unpaired) electrons. The van der Waals surface area contributed by atoms with E-state index in [0.717, 1.165) is 25.7 Å². The fourth-order valence-corrected chi connectivity index (χ4v) is 3.53. The predicted octanol–water partition coefficient (Wildman–Crippen LogP) is 5.29. The van der Waals surface area contributed by atoms with E-state index in [4.69, 9.17) is 4.74 Å². The second kappa shape index (κ2) is 9.55. The molecule has 2 atom stereocenters. The molecule has 0 aromatic carbocycles. The van der Waals surface area contributed by atoms with Gasteiger partial charge in [0, 0.05) is 13.5 Å². The summed E-state index contributed by atoms with van der Waals surface area (Å²) in [5.74, 6) is 0.988. The maximum Gasteiger partial charge on any atom is 0.164 e. The zero-order valence-corrected chi connectivity index (χ0v) is 13.9. The van der Waals surface area contributed by atoms with Crippen molar-refractivity contribution in [2.24, 2.45) is 5.92 Å². The van der Waals surface area contributed by atoms with Gasteiger partial charge < -0.3 is 4.74 Å². The van der Waals surface area contributed by atoms with Gasteiger partial charge in [0.2, 0.25) is 0 Å². The molecule has 0 aromatic rings. The van der Waals surface area contributed by atoms with Crippen molar-refractivity contribution < 1.29 is 9.53 Å². The summed E-state index contributed by atoms with van der Waals surface area (Å²) < 4.78 is 5.67. The molecule has 0 aliphatic heterocycles. The highest BCUT2D eigenvalue weighted by Gasteiger charge is 2.40. The standard InChI is InChI=1S/C18H34O2/c1-4-5-6-7-8-9-10-13-17(19)18(20-3)14-11-12-16(2)15-18/h16H,4-15H2,1-3H3. The molecule has 2 heteroatoms. The van der Waals surface area contributed by atoms with Crippen molar-refractivity contribution in [2.75, 3.05) is 7.11 Å². The average molecular weight is 282 g/mol. The van der Waals surface area contributed by atoms with E-state index in [1.807, 2.05) is 0 Å². The van der Waals surface area contributed by atoms with E-state index in [0.29, 0.717) is 18.1 Å². The van der Waals surface area contributed by atoms with Crippen LogP contribution in [-0.4, -0.2) is 18.5 Å². The number of ether oxygens (including phenoxy) is 1. The summed E-state index contributed by atoms with van der Waals surface area (Å²) in [4.78, 5) is 12.5. The van der Waals surface area contributed by atoms with E-state index in [9.17, 15) is 4.79 Å². The molecule has 0 N–H and O–H groups in total. The lowest BCUT2D eigenvalue weighted by Crippen LogP contribution is -2.44. The number of unbranched alkanes of at least 4 members (excludes halogenated alkanes) is 6. The first-order chi connectivity index (χ1) is 9.64. The van der Waals surface area contributed by atoms with Crippen LogP contribution in [0.5, 0.6) is 0 Å². The van der Waals surface area contributed by atoms with Gasteiger partial charge in [0.15, 0.2) is 5.78 Å². The van der Waals surface area contributed by atoms with E-state index >= 15 is 0 Å². The van der Waals surface area contributed by atoms with Crippen LogP contribution in [0.3, 0.4) is 0 Å². The summed E-state index contributed by atoms with van der Waals surface area (Å²) in [5.41, 5.74) is -0.445. The third-order valence-electron chi connectivity index (χ3n) is 4.86. The Morgan fingerprint density at radius 3 is 2.40 bits per heavy atom. The summed E-state index contributed by atoms with van der Waals surface area (Å²) in [5, 5.41) is 0. The Morgan fingerprint density at radius 2 is 1.80 bits per heavy atom. The fraction of sp³-hybridized carbons (Fsp3) is 0.944. The van der Waals surface area contributed by atoms with Gasteiger partial charge in [-0.3, -0.25) is 4.79 Å². The normalized spacial score (nSPS) is 26.6. The number of carbonyl (C=O) groups excluding carboxylic acids is 1. The Hall–Kier alpha value is -0.370. The molecule has 0 bridgehead atoms. The van der Waals surface area contributed by atoms with Gasteiger partial charge >= 0.3 is 0 Å². The lowest BCUT2D eigenvalue weighted by molar-refractivity contribution is -0.147. The van der Waals surface area contributed by atoms with Crippen LogP contribution in [0.15, 0.2) is 0 Å². The lowest BCUT2D eigenvalue weighted by Gasteiger charge is -2.37. The molecule has 118 valence electrons. The Morgan fingerprint density at radius 1 is 1.15 bits per heavy atom. The van der Waals surface area contributed by atoms with E-state index in [2.05, 4.69) is 13.8 Å². The van der Waals surface area contributed by atoms with Crippen molar-refractivity contribution in [1.82, 2.24) is 0 Å². The second-order valence-electron chi connectivity index (χ2n) is 6.69.